The van der Waals surface area contributed by atoms with Crippen LogP contribution in [0.2, 0.25) is 0 Å². The topological polar surface area (TPSA) is 8.81 Å². The van der Waals surface area contributed by atoms with E-state index in [0.717, 1.165) is 6.54 Å². The van der Waals surface area contributed by atoms with Gasteiger partial charge in [0, 0.05) is 6.42 Å². The normalized spacial score (nSPS) is 11.3. The molecule has 0 N–H and O–H groups in total. The summed E-state index contributed by atoms with van der Waals surface area (Å²) in [6, 6.07) is 10.9. The van der Waals surface area contributed by atoms with Crippen LogP contribution in [-0.2, 0) is 25.9 Å². The van der Waals surface area contributed by atoms with E-state index in [0.29, 0.717) is 0 Å². The molecular weight excluding hydrogens is 376 g/mol. The van der Waals surface area contributed by atoms with Crippen LogP contribution in [-0.4, -0.2) is 4.57 Å². The lowest BCUT2D eigenvalue weighted by Gasteiger charge is -2.07. The van der Waals surface area contributed by atoms with Crippen molar-refractivity contribution in [2.45, 2.75) is 130 Å². The van der Waals surface area contributed by atoms with Crippen LogP contribution in [0.5, 0.6) is 0 Å². The van der Waals surface area contributed by atoms with E-state index in [1.807, 2.05) is 0 Å². The second-order valence-electron chi connectivity index (χ2n) is 9.33. The number of aryl methyl sites for hydroxylation is 3. The Hall–Kier alpha value is -1.57. The largest absolute Gasteiger partial charge is 0.256 e. The van der Waals surface area contributed by atoms with E-state index >= 15 is 0 Å². The van der Waals surface area contributed by atoms with Crippen LogP contribution in [0, 0.1) is 0 Å². The van der Waals surface area contributed by atoms with Crippen molar-refractivity contribution in [2.75, 3.05) is 0 Å². The molecule has 0 atom stereocenters. The van der Waals surface area contributed by atoms with E-state index in [2.05, 4.69) is 65.7 Å². The van der Waals surface area contributed by atoms with Gasteiger partial charge < -0.3 is 0 Å². The fourth-order valence-corrected chi connectivity index (χ4v) is 4.59. The number of hydrogen-bond donors (Lipinski definition) is 0. The Balaban J connectivity index is 1.82. The molecule has 0 aliphatic carbocycles. The summed E-state index contributed by atoms with van der Waals surface area (Å²) in [4.78, 5) is 0. The SMILES string of the molecule is CCCCCCCCCc1n(CCCCCCCC)cc[n+]1CCCc1ccccc1. The van der Waals surface area contributed by atoms with Gasteiger partial charge in [-0.1, -0.05) is 108 Å². The van der Waals surface area contributed by atoms with Gasteiger partial charge in [-0.05, 0) is 37.7 Å². The molecule has 174 valence electrons. The predicted molar refractivity (Wildman–Crippen MR) is 134 cm³/mol. The maximum atomic E-state index is 2.57. The molecule has 1 heterocycles. The van der Waals surface area contributed by atoms with Crippen molar-refractivity contribution in [3.05, 3.63) is 54.1 Å². The van der Waals surface area contributed by atoms with Gasteiger partial charge in [-0.15, -0.1) is 0 Å². The van der Waals surface area contributed by atoms with Crippen LogP contribution in [0.4, 0.5) is 0 Å². The van der Waals surface area contributed by atoms with Gasteiger partial charge >= 0.3 is 0 Å². The molecule has 0 saturated carbocycles. The van der Waals surface area contributed by atoms with Crippen molar-refractivity contribution in [2.24, 2.45) is 0 Å². The van der Waals surface area contributed by atoms with Crippen molar-refractivity contribution < 1.29 is 4.57 Å². The number of aromatic nitrogens is 2. The first-order chi connectivity index (χ1) is 15.3. The first-order valence-electron chi connectivity index (χ1n) is 13.5. The third kappa shape index (κ3) is 11.0. The third-order valence-corrected chi connectivity index (χ3v) is 6.55. The van der Waals surface area contributed by atoms with Crippen LogP contribution in [0.3, 0.4) is 0 Å². The summed E-state index contributed by atoms with van der Waals surface area (Å²) in [5.74, 6) is 1.56. The predicted octanol–water partition coefficient (Wildman–Crippen LogP) is 8.06. The van der Waals surface area contributed by atoms with Gasteiger partial charge in [-0.25, -0.2) is 9.13 Å². The maximum absolute atomic E-state index is 2.57. The Morgan fingerprint density at radius 1 is 0.645 bits per heavy atom. The second-order valence-corrected chi connectivity index (χ2v) is 9.33. The van der Waals surface area contributed by atoms with E-state index in [1.54, 1.807) is 5.82 Å². The zero-order valence-electron chi connectivity index (χ0n) is 20.7. The minimum absolute atomic E-state index is 1.14. The number of unbranched alkanes of at least 4 members (excludes halogenated alkanes) is 11. The minimum atomic E-state index is 1.14. The number of benzene rings is 1. The summed E-state index contributed by atoms with van der Waals surface area (Å²) in [7, 11) is 0. The molecule has 0 aliphatic heterocycles. The van der Waals surface area contributed by atoms with Crippen LogP contribution >= 0.6 is 0 Å². The minimum Gasteiger partial charge on any atom is -0.234 e. The average Bonchev–Trinajstić information content (AvgIpc) is 3.18. The Bertz CT molecular complexity index is 659. The molecule has 2 rings (SSSR count). The molecule has 1 aromatic heterocycles. The fraction of sp³-hybridized carbons (Fsp3) is 0.690. The van der Waals surface area contributed by atoms with E-state index in [-0.39, 0.29) is 0 Å². The summed E-state index contributed by atoms with van der Waals surface area (Å²) in [6.45, 7) is 6.94. The highest BCUT2D eigenvalue weighted by Gasteiger charge is 2.16. The molecule has 2 aromatic rings. The molecule has 0 fully saturated rings. The van der Waals surface area contributed by atoms with Gasteiger partial charge in [0.05, 0.1) is 13.1 Å². The molecule has 0 saturated heterocycles. The molecule has 0 unspecified atom stereocenters. The molecule has 0 aliphatic rings. The number of rotatable bonds is 19. The van der Waals surface area contributed by atoms with Crippen molar-refractivity contribution in [1.29, 1.82) is 0 Å². The monoisotopic (exact) mass is 425 g/mol. The van der Waals surface area contributed by atoms with Gasteiger partial charge in [-0.3, -0.25) is 0 Å². The molecule has 31 heavy (non-hydrogen) atoms. The molecule has 2 heteroatoms. The summed E-state index contributed by atoms with van der Waals surface area (Å²) >= 11 is 0. The molecule has 2 nitrogen and oxygen atoms in total. The molecule has 0 bridgehead atoms. The van der Waals surface area contributed by atoms with E-state index in [1.165, 1.54) is 115 Å². The zero-order chi connectivity index (χ0) is 22.0. The highest BCUT2D eigenvalue weighted by molar-refractivity contribution is 5.14. The zero-order valence-corrected chi connectivity index (χ0v) is 20.7. The standard InChI is InChI=1S/C29H49N2/c1-3-5-7-9-11-12-17-23-29-30(24-18-13-10-8-6-4-2)26-27-31(29)25-19-22-28-20-15-14-16-21-28/h14-16,20-21,26-27H,3-13,17-19,22-25H2,1-2H3/q+1. The summed E-state index contributed by atoms with van der Waals surface area (Å²) in [5.41, 5.74) is 1.46. The lowest BCUT2D eigenvalue weighted by molar-refractivity contribution is -0.704. The number of hydrogen-bond acceptors (Lipinski definition) is 0. The summed E-state index contributed by atoms with van der Waals surface area (Å²) in [5, 5.41) is 0. The van der Waals surface area contributed by atoms with Gasteiger partial charge in [-0.2, -0.15) is 0 Å². The quantitative estimate of drug-likeness (QED) is 0.159. The van der Waals surface area contributed by atoms with Crippen molar-refractivity contribution >= 4 is 0 Å². The van der Waals surface area contributed by atoms with Crippen LogP contribution in [0.25, 0.3) is 0 Å². The molecular formula is C29H49N2+. The second kappa shape index (κ2) is 17.0. The van der Waals surface area contributed by atoms with E-state index in [9.17, 15) is 0 Å². The third-order valence-electron chi connectivity index (χ3n) is 6.55. The van der Waals surface area contributed by atoms with Crippen LogP contribution in [0.1, 0.15) is 115 Å². The molecule has 0 spiro atoms. The lowest BCUT2D eigenvalue weighted by atomic mass is 10.1. The highest BCUT2D eigenvalue weighted by Crippen LogP contribution is 2.12. The highest BCUT2D eigenvalue weighted by atomic mass is 15.1. The smallest absolute Gasteiger partial charge is 0.234 e. The lowest BCUT2D eigenvalue weighted by Crippen LogP contribution is -2.37. The summed E-state index contributed by atoms with van der Waals surface area (Å²) in [6.07, 6.45) is 26.3. The number of nitrogens with zero attached hydrogens (tertiary/aromatic N) is 2. The van der Waals surface area contributed by atoms with Crippen molar-refractivity contribution in [1.82, 2.24) is 4.57 Å². The first kappa shape index (κ1) is 25.7. The van der Waals surface area contributed by atoms with Crippen molar-refractivity contribution in [3.8, 4) is 0 Å². The van der Waals surface area contributed by atoms with Gasteiger partial charge in [0.15, 0.2) is 0 Å². The first-order valence-corrected chi connectivity index (χ1v) is 13.5. The maximum Gasteiger partial charge on any atom is 0.256 e. The molecule has 0 amide bonds. The summed E-state index contributed by atoms with van der Waals surface area (Å²) < 4.78 is 5.12. The Kier molecular flexibility index (Phi) is 14.1. The van der Waals surface area contributed by atoms with Gasteiger partial charge in [0.2, 0.25) is 0 Å². The van der Waals surface area contributed by atoms with E-state index < -0.39 is 0 Å². The van der Waals surface area contributed by atoms with Crippen molar-refractivity contribution in [3.63, 3.8) is 0 Å². The number of imidazole rings is 1. The van der Waals surface area contributed by atoms with Crippen LogP contribution < -0.4 is 4.57 Å². The molecule has 0 radical (unpaired) electrons. The van der Waals surface area contributed by atoms with Crippen LogP contribution in [0.15, 0.2) is 42.7 Å². The Labute approximate surface area is 193 Å². The average molecular weight is 426 g/mol. The fourth-order valence-electron chi connectivity index (χ4n) is 4.59. The Morgan fingerprint density at radius 3 is 1.94 bits per heavy atom. The molecule has 1 aromatic carbocycles. The van der Waals surface area contributed by atoms with Gasteiger partial charge in [0.1, 0.15) is 12.4 Å². The van der Waals surface area contributed by atoms with Gasteiger partial charge in [0.25, 0.3) is 5.82 Å². The van der Waals surface area contributed by atoms with E-state index in [4.69, 9.17) is 0 Å². The Morgan fingerprint density at radius 2 is 1.26 bits per heavy atom.